The van der Waals surface area contributed by atoms with Crippen LogP contribution in [0.5, 0.6) is 0 Å². The summed E-state index contributed by atoms with van der Waals surface area (Å²) in [6.07, 6.45) is -0.201. The fourth-order valence-corrected chi connectivity index (χ4v) is 1.96. The fourth-order valence-electron chi connectivity index (χ4n) is 1.96. The second kappa shape index (κ2) is 6.61. The molecule has 0 bridgehead atoms. The highest BCUT2D eigenvalue weighted by atomic mass is 16.2. The predicted molar refractivity (Wildman–Crippen MR) is 80.2 cm³/mol. The minimum atomic E-state index is -0.421. The zero-order valence-electron chi connectivity index (χ0n) is 11.6. The van der Waals surface area contributed by atoms with Crippen LogP contribution in [0.1, 0.15) is 29.3 Å². The van der Waals surface area contributed by atoms with Crippen molar-refractivity contribution in [3.8, 4) is 0 Å². The molecule has 0 fully saturated rings. The van der Waals surface area contributed by atoms with Gasteiger partial charge in [0.05, 0.1) is 12.1 Å². The van der Waals surface area contributed by atoms with Crippen LogP contribution in [0.25, 0.3) is 0 Å². The topological polar surface area (TPSA) is 63.2 Å². The first-order valence-electron chi connectivity index (χ1n) is 6.56. The number of rotatable bonds is 5. The van der Waals surface area contributed by atoms with E-state index in [2.05, 4.69) is 5.32 Å². The highest BCUT2D eigenvalue weighted by Crippen LogP contribution is 2.19. The molecule has 0 radical (unpaired) electrons. The van der Waals surface area contributed by atoms with Crippen molar-refractivity contribution in [3.05, 3.63) is 65.7 Å². The zero-order chi connectivity index (χ0) is 15.2. The third-order valence-electron chi connectivity index (χ3n) is 2.89. The maximum atomic E-state index is 12.5. The molecule has 0 aromatic heterocycles. The van der Waals surface area contributed by atoms with Crippen LogP contribution in [0.2, 0.25) is 0 Å². The average molecular weight is 281 g/mol. The van der Waals surface area contributed by atoms with Crippen molar-refractivity contribution in [3.63, 3.8) is 0 Å². The molecule has 0 aliphatic rings. The van der Waals surface area contributed by atoms with Gasteiger partial charge in [-0.2, -0.15) is 0 Å². The molecule has 0 atom stereocenters. The van der Waals surface area contributed by atoms with E-state index < -0.39 is 5.91 Å². The Kier molecular flexibility index (Phi) is 4.61. The molecule has 21 heavy (non-hydrogen) atoms. The van der Waals surface area contributed by atoms with Crippen LogP contribution >= 0.6 is 0 Å². The van der Waals surface area contributed by atoms with Gasteiger partial charge in [0.1, 0.15) is 5.78 Å². The maximum absolute atomic E-state index is 12.5. The highest BCUT2D eigenvalue weighted by Gasteiger charge is 2.15. The van der Waals surface area contributed by atoms with E-state index >= 15 is 0 Å². The van der Waals surface area contributed by atoms with Crippen LogP contribution in [0.4, 0.5) is 5.69 Å². The lowest BCUT2D eigenvalue weighted by molar-refractivity contribution is -0.124. The van der Waals surface area contributed by atoms with E-state index in [9.17, 15) is 14.4 Å². The first-order chi connectivity index (χ1) is 10.1. The normalized spacial score (nSPS) is 9.95. The Morgan fingerprint density at radius 2 is 1.52 bits per heavy atom. The molecule has 0 unspecified atom stereocenters. The van der Waals surface area contributed by atoms with Crippen LogP contribution < -0.4 is 5.32 Å². The standard InChI is InChI=1S/C17H15NO3/c1-12(19)11-16(20)18-15-10-6-5-9-14(15)17(21)13-7-3-2-4-8-13/h2-10H,11H2,1H3,(H,18,20). The SMILES string of the molecule is CC(=O)CC(=O)Nc1ccccc1C(=O)c1ccccc1. The number of hydrogen-bond donors (Lipinski definition) is 1. The van der Waals surface area contributed by atoms with Gasteiger partial charge in [-0.1, -0.05) is 42.5 Å². The summed E-state index contributed by atoms with van der Waals surface area (Å²) in [5.74, 6) is -0.815. The van der Waals surface area contributed by atoms with E-state index in [0.717, 1.165) is 0 Å². The van der Waals surface area contributed by atoms with Crippen molar-refractivity contribution < 1.29 is 14.4 Å². The fraction of sp³-hybridized carbons (Fsp3) is 0.118. The quantitative estimate of drug-likeness (QED) is 0.677. The van der Waals surface area contributed by atoms with Gasteiger partial charge in [0.15, 0.2) is 5.78 Å². The summed E-state index contributed by atoms with van der Waals surface area (Å²) in [6.45, 7) is 1.35. The van der Waals surface area contributed by atoms with Gasteiger partial charge in [0.25, 0.3) is 0 Å². The molecule has 106 valence electrons. The first kappa shape index (κ1) is 14.7. The molecule has 4 heteroatoms. The number of hydrogen-bond acceptors (Lipinski definition) is 3. The largest absolute Gasteiger partial charge is 0.325 e. The van der Waals surface area contributed by atoms with Gasteiger partial charge in [0, 0.05) is 11.1 Å². The molecule has 1 N–H and O–H groups in total. The van der Waals surface area contributed by atoms with Crippen LogP contribution in [-0.2, 0) is 9.59 Å². The molecule has 1 amide bonds. The average Bonchev–Trinajstić information content (AvgIpc) is 2.47. The van der Waals surface area contributed by atoms with Crippen LogP contribution in [0.15, 0.2) is 54.6 Å². The number of amides is 1. The summed E-state index contributed by atoms with van der Waals surface area (Å²) >= 11 is 0. The second-order valence-corrected chi connectivity index (χ2v) is 4.67. The molecular formula is C17H15NO3. The monoisotopic (exact) mass is 281 g/mol. The van der Waals surface area contributed by atoms with Crippen molar-refractivity contribution in [1.82, 2.24) is 0 Å². The first-order valence-corrected chi connectivity index (χ1v) is 6.56. The number of ketones is 2. The summed E-state index contributed by atoms with van der Waals surface area (Å²) in [5.41, 5.74) is 1.36. The molecule has 0 saturated carbocycles. The summed E-state index contributed by atoms with van der Waals surface area (Å²) in [5, 5.41) is 2.61. The summed E-state index contributed by atoms with van der Waals surface area (Å²) < 4.78 is 0. The molecule has 0 spiro atoms. The summed E-state index contributed by atoms with van der Waals surface area (Å²) in [4.78, 5) is 35.1. The predicted octanol–water partition coefficient (Wildman–Crippen LogP) is 2.84. The van der Waals surface area contributed by atoms with E-state index in [0.29, 0.717) is 16.8 Å². The molecule has 2 rings (SSSR count). The van der Waals surface area contributed by atoms with E-state index in [4.69, 9.17) is 0 Å². The molecule has 0 saturated heterocycles. The van der Waals surface area contributed by atoms with Gasteiger partial charge < -0.3 is 5.32 Å². The summed E-state index contributed by atoms with van der Waals surface area (Å²) in [7, 11) is 0. The van der Waals surface area contributed by atoms with Crippen molar-refractivity contribution in [2.24, 2.45) is 0 Å². The lowest BCUT2D eigenvalue weighted by atomic mass is 10.0. The van der Waals surface area contributed by atoms with E-state index in [-0.39, 0.29) is 18.0 Å². The Balaban J connectivity index is 2.27. The number of para-hydroxylation sites is 1. The third-order valence-corrected chi connectivity index (χ3v) is 2.89. The minimum absolute atomic E-state index is 0.172. The van der Waals surface area contributed by atoms with Gasteiger partial charge >= 0.3 is 0 Å². The molecule has 0 aliphatic heterocycles. The number of carbonyl (C=O) groups excluding carboxylic acids is 3. The molecular weight excluding hydrogens is 266 g/mol. The zero-order valence-corrected chi connectivity index (χ0v) is 11.6. The number of anilines is 1. The van der Waals surface area contributed by atoms with Gasteiger partial charge in [0.2, 0.25) is 5.91 Å². The van der Waals surface area contributed by atoms with E-state index in [1.807, 2.05) is 6.07 Å². The van der Waals surface area contributed by atoms with Crippen molar-refractivity contribution in [2.75, 3.05) is 5.32 Å². The van der Waals surface area contributed by atoms with Gasteiger partial charge in [-0.3, -0.25) is 14.4 Å². The highest BCUT2D eigenvalue weighted by molar-refractivity contribution is 6.14. The Labute approximate surface area is 122 Å². The smallest absolute Gasteiger partial charge is 0.231 e. The molecule has 4 nitrogen and oxygen atoms in total. The van der Waals surface area contributed by atoms with Gasteiger partial charge in [-0.15, -0.1) is 0 Å². The lowest BCUT2D eigenvalue weighted by Crippen LogP contribution is -2.17. The Hall–Kier alpha value is -2.75. The van der Waals surface area contributed by atoms with Crippen LogP contribution in [-0.4, -0.2) is 17.5 Å². The third kappa shape index (κ3) is 3.86. The van der Waals surface area contributed by atoms with Gasteiger partial charge in [-0.05, 0) is 19.1 Å². The molecule has 0 aliphatic carbocycles. The van der Waals surface area contributed by atoms with Crippen LogP contribution in [0, 0.1) is 0 Å². The molecule has 2 aromatic rings. The van der Waals surface area contributed by atoms with Crippen molar-refractivity contribution >= 4 is 23.2 Å². The number of benzene rings is 2. The summed E-state index contributed by atoms with van der Waals surface area (Å²) in [6, 6.07) is 15.6. The maximum Gasteiger partial charge on any atom is 0.231 e. The van der Waals surface area contributed by atoms with Gasteiger partial charge in [-0.25, -0.2) is 0 Å². The Bertz CT molecular complexity index is 677. The lowest BCUT2D eigenvalue weighted by Gasteiger charge is -2.09. The number of carbonyl (C=O) groups is 3. The molecule has 2 aromatic carbocycles. The number of Topliss-reactive ketones (excluding diaryl/α,β-unsaturated/α-hetero) is 1. The van der Waals surface area contributed by atoms with Crippen molar-refractivity contribution in [1.29, 1.82) is 0 Å². The number of nitrogens with one attached hydrogen (secondary N) is 1. The van der Waals surface area contributed by atoms with E-state index in [1.165, 1.54) is 6.92 Å². The second-order valence-electron chi connectivity index (χ2n) is 4.67. The Morgan fingerprint density at radius 3 is 2.19 bits per heavy atom. The Morgan fingerprint density at radius 1 is 0.905 bits per heavy atom. The minimum Gasteiger partial charge on any atom is -0.325 e. The molecule has 0 heterocycles. The van der Waals surface area contributed by atoms with E-state index in [1.54, 1.807) is 48.5 Å². The van der Waals surface area contributed by atoms with Crippen molar-refractivity contribution in [2.45, 2.75) is 13.3 Å². The van der Waals surface area contributed by atoms with Crippen LogP contribution in [0.3, 0.4) is 0 Å².